The SMILES string of the molecule is CCCCCC.CCCc1cc(Cl)ccn1.C\C=C(C(/C(C)=N/C=C/CC)=C(/C)N1CCNCC1)\C(C)CC. The molecule has 1 aromatic rings. The minimum Gasteiger partial charge on any atom is -0.372 e. The van der Waals surface area contributed by atoms with E-state index in [1.165, 1.54) is 42.5 Å². The van der Waals surface area contributed by atoms with Crippen molar-refractivity contribution in [3.8, 4) is 0 Å². The fourth-order valence-electron chi connectivity index (χ4n) is 4.41. The molecule has 0 saturated carbocycles. The van der Waals surface area contributed by atoms with Crippen LogP contribution in [0.2, 0.25) is 5.02 Å². The number of hydrogen-bond acceptors (Lipinski definition) is 4. The lowest BCUT2D eigenvalue weighted by molar-refractivity contribution is 0.298. The van der Waals surface area contributed by atoms with Crippen LogP contribution in [-0.4, -0.2) is 41.8 Å². The molecule has 39 heavy (non-hydrogen) atoms. The molecule has 1 aromatic heterocycles. The molecule has 1 aliphatic heterocycles. The lowest BCUT2D eigenvalue weighted by atomic mass is 9.87. The zero-order valence-electron chi connectivity index (χ0n) is 26.7. The largest absolute Gasteiger partial charge is 0.372 e. The first-order valence-electron chi connectivity index (χ1n) is 15.4. The Hall–Kier alpha value is -1.91. The van der Waals surface area contributed by atoms with Gasteiger partial charge in [0.2, 0.25) is 0 Å². The van der Waals surface area contributed by atoms with Crippen LogP contribution in [0.3, 0.4) is 0 Å². The van der Waals surface area contributed by atoms with E-state index in [0.29, 0.717) is 5.92 Å². The van der Waals surface area contributed by atoms with Crippen LogP contribution in [0.5, 0.6) is 0 Å². The van der Waals surface area contributed by atoms with Crippen LogP contribution in [0.1, 0.15) is 113 Å². The molecule has 1 aliphatic rings. The number of rotatable bonds is 12. The van der Waals surface area contributed by atoms with Crippen LogP contribution in [-0.2, 0) is 6.42 Å². The Morgan fingerprint density at radius 3 is 2.21 bits per heavy atom. The predicted octanol–water partition coefficient (Wildman–Crippen LogP) is 9.82. The van der Waals surface area contributed by atoms with Gasteiger partial charge in [0.25, 0.3) is 0 Å². The van der Waals surface area contributed by atoms with Gasteiger partial charge in [-0.05, 0) is 63.7 Å². The van der Waals surface area contributed by atoms with Gasteiger partial charge < -0.3 is 10.2 Å². The number of pyridine rings is 1. The van der Waals surface area contributed by atoms with Gasteiger partial charge in [0, 0.05) is 66.3 Å². The maximum absolute atomic E-state index is 5.74. The Labute approximate surface area is 247 Å². The lowest BCUT2D eigenvalue weighted by Gasteiger charge is -2.33. The first kappa shape index (κ1) is 37.1. The van der Waals surface area contributed by atoms with Crippen LogP contribution in [0.4, 0.5) is 0 Å². The number of hydrogen-bond donors (Lipinski definition) is 1. The third kappa shape index (κ3) is 16.1. The molecule has 1 unspecified atom stereocenters. The predicted molar refractivity (Wildman–Crippen MR) is 176 cm³/mol. The third-order valence-corrected chi connectivity index (χ3v) is 7.14. The van der Waals surface area contributed by atoms with Crippen molar-refractivity contribution in [2.24, 2.45) is 10.9 Å². The van der Waals surface area contributed by atoms with E-state index in [1.54, 1.807) is 12.3 Å². The average Bonchev–Trinajstić information content (AvgIpc) is 2.95. The summed E-state index contributed by atoms with van der Waals surface area (Å²) in [6, 6.07) is 3.70. The molecule has 222 valence electrons. The highest BCUT2D eigenvalue weighted by Crippen LogP contribution is 2.28. The summed E-state index contributed by atoms with van der Waals surface area (Å²) in [7, 11) is 0. The van der Waals surface area contributed by atoms with Gasteiger partial charge in [-0.25, -0.2) is 0 Å². The topological polar surface area (TPSA) is 40.5 Å². The molecule has 0 aliphatic carbocycles. The number of allylic oxidation sites excluding steroid dienone is 5. The first-order valence-corrected chi connectivity index (χ1v) is 15.8. The number of aryl methyl sites for hydroxylation is 1. The van der Waals surface area contributed by atoms with E-state index in [9.17, 15) is 0 Å². The minimum atomic E-state index is 0.549. The number of unbranched alkanes of at least 4 members (excludes halogenated alkanes) is 3. The normalized spacial score (nSPS) is 15.7. The molecule has 0 bridgehead atoms. The van der Waals surface area contributed by atoms with Gasteiger partial charge in [0.1, 0.15) is 0 Å². The standard InChI is InChI=1S/C20H35N3.C8H10ClN.C6H14/c1-7-10-11-22-17(5)20(19(9-3)16(4)8-2)18(6)23-14-12-21-13-15-23;1-2-3-8-6-7(9)4-5-10-8;1-3-5-6-4-2/h9-11,16,21H,7-8,12-15H2,1-6H3;4-6H,2-3H2,1H3;3-6H2,1-2H3/b11-10+,19-9-,20-18-,22-17+;;. The van der Waals surface area contributed by atoms with Crippen molar-refractivity contribution < 1.29 is 0 Å². The van der Waals surface area contributed by atoms with Gasteiger partial charge in [-0.2, -0.15) is 0 Å². The van der Waals surface area contributed by atoms with Gasteiger partial charge in [0.15, 0.2) is 0 Å². The summed E-state index contributed by atoms with van der Waals surface area (Å²) in [5.74, 6) is 0.549. The van der Waals surface area contributed by atoms with Crippen molar-refractivity contribution in [3.63, 3.8) is 0 Å². The molecule has 0 spiro atoms. The Balaban J connectivity index is 0.000000735. The molecule has 2 rings (SSSR count). The fourth-order valence-corrected chi connectivity index (χ4v) is 4.59. The summed E-state index contributed by atoms with van der Waals surface area (Å²) in [5, 5.41) is 4.21. The second-order valence-electron chi connectivity index (χ2n) is 10.2. The second kappa shape index (κ2) is 23.9. The fraction of sp³-hybridized carbons (Fsp3) is 0.647. The highest BCUT2D eigenvalue weighted by Gasteiger charge is 2.20. The van der Waals surface area contributed by atoms with Gasteiger partial charge >= 0.3 is 0 Å². The van der Waals surface area contributed by atoms with Crippen LogP contribution >= 0.6 is 11.6 Å². The highest BCUT2D eigenvalue weighted by molar-refractivity contribution is 6.30. The van der Waals surface area contributed by atoms with Crippen molar-refractivity contribution in [1.29, 1.82) is 0 Å². The Kier molecular flexibility index (Phi) is 22.8. The van der Waals surface area contributed by atoms with E-state index in [2.05, 4.69) is 89.7 Å². The molecule has 0 radical (unpaired) electrons. The summed E-state index contributed by atoms with van der Waals surface area (Å²) < 4.78 is 0. The maximum atomic E-state index is 5.74. The van der Waals surface area contributed by atoms with E-state index < -0.39 is 0 Å². The molecule has 1 N–H and O–H groups in total. The molecule has 5 heteroatoms. The van der Waals surface area contributed by atoms with E-state index >= 15 is 0 Å². The summed E-state index contributed by atoms with van der Waals surface area (Å²) in [6.07, 6.45) is 17.9. The molecule has 1 saturated heterocycles. The number of aromatic nitrogens is 1. The smallest absolute Gasteiger partial charge is 0.0464 e. The van der Waals surface area contributed by atoms with Crippen molar-refractivity contribution in [3.05, 3.63) is 64.2 Å². The lowest BCUT2D eigenvalue weighted by Crippen LogP contribution is -2.43. The summed E-state index contributed by atoms with van der Waals surface area (Å²) >= 11 is 5.74. The minimum absolute atomic E-state index is 0.549. The van der Waals surface area contributed by atoms with E-state index in [4.69, 9.17) is 16.6 Å². The van der Waals surface area contributed by atoms with Crippen LogP contribution in [0, 0.1) is 5.92 Å². The van der Waals surface area contributed by atoms with Crippen molar-refractivity contribution in [2.75, 3.05) is 26.2 Å². The Morgan fingerprint density at radius 1 is 1.08 bits per heavy atom. The van der Waals surface area contributed by atoms with Crippen LogP contribution in [0.25, 0.3) is 0 Å². The summed E-state index contributed by atoms with van der Waals surface area (Å²) in [4.78, 5) is 11.4. The van der Waals surface area contributed by atoms with E-state index in [1.807, 2.05) is 12.3 Å². The van der Waals surface area contributed by atoms with Gasteiger partial charge in [-0.1, -0.05) is 97.4 Å². The first-order chi connectivity index (χ1) is 18.8. The highest BCUT2D eigenvalue weighted by atomic mass is 35.5. The zero-order valence-corrected chi connectivity index (χ0v) is 27.5. The van der Waals surface area contributed by atoms with Crippen molar-refractivity contribution >= 4 is 17.3 Å². The number of halogens is 1. The Morgan fingerprint density at radius 2 is 1.72 bits per heavy atom. The van der Waals surface area contributed by atoms with Gasteiger partial charge in [-0.15, -0.1) is 0 Å². The molecule has 0 aromatic carbocycles. The van der Waals surface area contributed by atoms with Crippen molar-refractivity contribution in [1.82, 2.24) is 15.2 Å². The monoisotopic (exact) mass is 558 g/mol. The molecule has 1 fully saturated rings. The average molecular weight is 559 g/mol. The maximum Gasteiger partial charge on any atom is 0.0464 e. The third-order valence-electron chi connectivity index (χ3n) is 6.91. The number of nitrogens with zero attached hydrogens (tertiary/aromatic N) is 3. The van der Waals surface area contributed by atoms with E-state index in [-0.39, 0.29) is 0 Å². The number of aliphatic imine (C=N–C) groups is 1. The van der Waals surface area contributed by atoms with Gasteiger partial charge in [-0.3, -0.25) is 9.98 Å². The molecule has 2 heterocycles. The summed E-state index contributed by atoms with van der Waals surface area (Å²) in [5.41, 5.74) is 6.33. The van der Waals surface area contributed by atoms with Crippen LogP contribution in [0.15, 0.2) is 58.5 Å². The zero-order chi connectivity index (χ0) is 29.5. The molecule has 4 nitrogen and oxygen atoms in total. The van der Waals surface area contributed by atoms with Gasteiger partial charge in [0.05, 0.1) is 0 Å². The molecule has 1 atom stereocenters. The summed E-state index contributed by atoms with van der Waals surface area (Å²) in [6.45, 7) is 24.1. The second-order valence-corrected chi connectivity index (χ2v) is 10.6. The van der Waals surface area contributed by atoms with E-state index in [0.717, 1.165) is 68.3 Å². The quantitative estimate of drug-likeness (QED) is 0.158. The van der Waals surface area contributed by atoms with Crippen LogP contribution < -0.4 is 5.32 Å². The van der Waals surface area contributed by atoms with Crippen molar-refractivity contribution in [2.45, 2.75) is 114 Å². The Bertz CT molecular complexity index is 875. The number of piperazine rings is 1. The molecule has 0 amide bonds. The molecular weight excluding hydrogens is 500 g/mol. The number of nitrogens with one attached hydrogen (secondary N) is 1. The molecular formula is C34H59ClN4.